The number of carbonyl (C=O) groups is 3. The Bertz CT molecular complexity index is 1050. The maximum Gasteiger partial charge on any atom is 0.431 e. The first-order chi connectivity index (χ1) is 17.5. The van der Waals surface area contributed by atoms with Crippen molar-refractivity contribution < 1.29 is 29.1 Å². The number of rotatable bonds is 6. The average Bonchev–Trinajstić information content (AvgIpc) is 2.73. The van der Waals surface area contributed by atoms with Crippen LogP contribution in [0.1, 0.15) is 111 Å². The van der Waals surface area contributed by atoms with Crippen LogP contribution < -0.4 is 11.6 Å². The molecule has 220 valence electrons. The highest BCUT2D eigenvalue weighted by molar-refractivity contribution is 5.97. The molecular weight excluding hydrogens is 500 g/mol. The average molecular weight is 549 g/mol. The third kappa shape index (κ3) is 7.29. The monoisotopic (exact) mass is 548 g/mol. The lowest BCUT2D eigenvalue weighted by molar-refractivity contribution is -0.276. The maximum absolute atomic E-state index is 13.6. The Hall–Kier alpha value is -2.69. The fourth-order valence-corrected chi connectivity index (χ4v) is 5.76. The minimum Gasteiger partial charge on any atom is -0.507 e. The largest absolute Gasteiger partial charge is 0.507 e. The molecule has 1 fully saturated rings. The second-order valence-electron chi connectivity index (χ2n) is 13.9. The molecule has 1 aliphatic heterocycles. The number of amides is 3. The lowest BCUT2D eigenvalue weighted by Gasteiger charge is -2.52. The quantitative estimate of drug-likeness (QED) is 0.270. The second kappa shape index (κ2) is 11.1. The molecule has 0 spiro atoms. The zero-order valence-corrected chi connectivity index (χ0v) is 25.5. The second-order valence-corrected chi connectivity index (χ2v) is 13.9. The molecule has 39 heavy (non-hydrogen) atoms. The lowest BCUT2D eigenvalue weighted by Crippen LogP contribution is -2.62. The zero-order chi connectivity index (χ0) is 30.3. The van der Waals surface area contributed by atoms with Crippen molar-refractivity contribution in [3.63, 3.8) is 0 Å². The zero-order valence-electron chi connectivity index (χ0n) is 25.5. The number of hydrazine groups is 1. The van der Waals surface area contributed by atoms with Gasteiger partial charge in [0.05, 0.1) is 13.0 Å². The number of nitrogens with two attached hydrogens (primary N) is 2. The minimum absolute atomic E-state index is 0.126. The summed E-state index contributed by atoms with van der Waals surface area (Å²) in [5, 5.41) is 13.4. The summed E-state index contributed by atoms with van der Waals surface area (Å²) in [6, 6.07) is 3.36. The van der Waals surface area contributed by atoms with E-state index in [1.165, 1.54) is 0 Å². The Balaban J connectivity index is 2.44. The molecule has 1 unspecified atom stereocenters. The Kier molecular flexibility index (Phi) is 9.22. The third-order valence-electron chi connectivity index (χ3n) is 7.29. The Morgan fingerprint density at radius 2 is 1.46 bits per heavy atom. The summed E-state index contributed by atoms with van der Waals surface area (Å²) >= 11 is 0. The van der Waals surface area contributed by atoms with E-state index < -0.39 is 51.8 Å². The number of phenolic OH excluding ortho intramolecular Hbond substituents is 1. The van der Waals surface area contributed by atoms with Gasteiger partial charge < -0.3 is 20.4 Å². The molecule has 0 aliphatic carbocycles. The van der Waals surface area contributed by atoms with Gasteiger partial charge in [0.25, 0.3) is 5.91 Å². The summed E-state index contributed by atoms with van der Waals surface area (Å²) in [4.78, 5) is 44.4. The molecule has 1 aromatic rings. The fourth-order valence-electron chi connectivity index (χ4n) is 5.76. The van der Waals surface area contributed by atoms with Crippen molar-refractivity contribution in [2.24, 2.45) is 11.6 Å². The number of imide groups is 1. The Morgan fingerprint density at radius 3 is 1.82 bits per heavy atom. The van der Waals surface area contributed by atoms with E-state index in [9.17, 15) is 19.5 Å². The van der Waals surface area contributed by atoms with Crippen molar-refractivity contribution in [3.8, 4) is 5.75 Å². The highest BCUT2D eigenvalue weighted by atomic mass is 16.7. The molecule has 10 heteroatoms. The molecule has 1 heterocycles. The van der Waals surface area contributed by atoms with Crippen molar-refractivity contribution in [2.75, 3.05) is 7.11 Å². The summed E-state index contributed by atoms with van der Waals surface area (Å²) in [7, 11) is 1.61. The summed E-state index contributed by atoms with van der Waals surface area (Å²) in [5.74, 6) is 3.46. The third-order valence-corrected chi connectivity index (χ3v) is 7.29. The van der Waals surface area contributed by atoms with Gasteiger partial charge in [-0.3, -0.25) is 9.59 Å². The highest BCUT2D eigenvalue weighted by Crippen LogP contribution is 2.42. The smallest absolute Gasteiger partial charge is 0.431 e. The first-order valence-corrected chi connectivity index (χ1v) is 13.3. The summed E-state index contributed by atoms with van der Waals surface area (Å²) in [5.41, 5.74) is 5.33. The van der Waals surface area contributed by atoms with Crippen LogP contribution in [-0.2, 0) is 30.0 Å². The topological polar surface area (TPSA) is 148 Å². The van der Waals surface area contributed by atoms with Crippen LogP contribution in [0.5, 0.6) is 5.75 Å². The van der Waals surface area contributed by atoms with E-state index in [1.54, 1.807) is 19.2 Å². The number of piperidine rings is 1. The van der Waals surface area contributed by atoms with Crippen LogP contribution in [0, 0.1) is 0 Å². The van der Waals surface area contributed by atoms with E-state index in [2.05, 4.69) is 0 Å². The molecule has 0 aromatic heterocycles. The molecule has 3 amide bonds. The molecule has 0 radical (unpaired) electrons. The molecule has 1 aliphatic rings. The van der Waals surface area contributed by atoms with Gasteiger partial charge in [-0.15, -0.1) is 0 Å². The molecule has 5 N–H and O–H groups in total. The number of hydrogen-bond acceptors (Lipinski definition) is 8. The van der Waals surface area contributed by atoms with Gasteiger partial charge in [0.1, 0.15) is 11.9 Å². The first-order valence-electron chi connectivity index (χ1n) is 13.3. The maximum atomic E-state index is 13.6. The van der Waals surface area contributed by atoms with Gasteiger partial charge in [-0.2, -0.15) is 10.1 Å². The normalized spacial score (nSPS) is 18.9. The van der Waals surface area contributed by atoms with Crippen molar-refractivity contribution in [2.45, 2.75) is 122 Å². The van der Waals surface area contributed by atoms with Crippen LogP contribution in [0.25, 0.3) is 0 Å². The number of phenols is 1. The van der Waals surface area contributed by atoms with Crippen molar-refractivity contribution in [3.05, 3.63) is 28.8 Å². The standard InChI is InChI=1S/C29H48N4O6/c1-26(2,3)20-12-17(13-21(23(20)35)27(4,5)6)19(14-22(30)34)24(36)32(31)25(37)39-18-15-28(7,8)33(38-11)29(9,10)16-18/h12-13,18-19,35H,14-16,31H2,1-11H3,(H2,30,34). The van der Waals surface area contributed by atoms with Crippen LogP contribution in [0.4, 0.5) is 4.79 Å². The van der Waals surface area contributed by atoms with Crippen LogP contribution in [0.15, 0.2) is 12.1 Å². The van der Waals surface area contributed by atoms with Gasteiger partial charge in [0, 0.05) is 30.3 Å². The molecule has 1 aromatic carbocycles. The van der Waals surface area contributed by atoms with Gasteiger partial charge in [0.15, 0.2) is 0 Å². The van der Waals surface area contributed by atoms with E-state index in [1.807, 2.05) is 74.3 Å². The summed E-state index contributed by atoms with van der Waals surface area (Å²) in [6.45, 7) is 19.6. The molecule has 1 atom stereocenters. The summed E-state index contributed by atoms with van der Waals surface area (Å²) < 4.78 is 5.71. The van der Waals surface area contributed by atoms with Crippen LogP contribution >= 0.6 is 0 Å². The van der Waals surface area contributed by atoms with Gasteiger partial charge in [-0.25, -0.2) is 10.6 Å². The molecule has 0 saturated carbocycles. The van der Waals surface area contributed by atoms with E-state index in [0.717, 1.165) is 0 Å². The number of benzene rings is 1. The number of hydroxylamine groups is 2. The Morgan fingerprint density at radius 1 is 1.03 bits per heavy atom. The minimum atomic E-state index is -1.15. The van der Waals surface area contributed by atoms with Crippen molar-refractivity contribution >= 4 is 17.9 Å². The van der Waals surface area contributed by atoms with E-state index in [0.29, 0.717) is 34.5 Å². The van der Waals surface area contributed by atoms with Crippen LogP contribution in [0.3, 0.4) is 0 Å². The Labute approximate surface area is 232 Å². The number of nitrogens with zero attached hydrogens (tertiary/aromatic N) is 2. The highest BCUT2D eigenvalue weighted by Gasteiger charge is 2.48. The van der Waals surface area contributed by atoms with Gasteiger partial charge >= 0.3 is 6.09 Å². The number of hydrogen-bond donors (Lipinski definition) is 3. The van der Waals surface area contributed by atoms with Gasteiger partial charge in [-0.1, -0.05) is 53.7 Å². The molecule has 1 saturated heterocycles. The predicted molar refractivity (Wildman–Crippen MR) is 150 cm³/mol. The number of carbonyl (C=O) groups excluding carboxylic acids is 3. The molecule has 2 rings (SSSR count). The first kappa shape index (κ1) is 32.5. The number of aromatic hydroxyl groups is 1. The fraction of sp³-hybridized carbons (Fsp3) is 0.690. The van der Waals surface area contributed by atoms with Crippen LogP contribution in [-0.4, -0.2) is 57.4 Å². The van der Waals surface area contributed by atoms with E-state index in [-0.39, 0.29) is 12.2 Å². The molecule has 0 bridgehead atoms. The van der Waals surface area contributed by atoms with Crippen molar-refractivity contribution in [1.82, 2.24) is 10.1 Å². The number of ether oxygens (including phenoxy) is 1. The number of primary amides is 1. The lowest BCUT2D eigenvalue weighted by atomic mass is 9.76. The van der Waals surface area contributed by atoms with Crippen LogP contribution in [0.2, 0.25) is 0 Å². The van der Waals surface area contributed by atoms with E-state index in [4.69, 9.17) is 21.2 Å². The summed E-state index contributed by atoms with van der Waals surface area (Å²) in [6.07, 6.45) is -0.974. The SMILES string of the molecule is CON1C(C)(C)CC(OC(=O)N(N)C(=O)C(CC(N)=O)c2cc(C(C)(C)C)c(O)c(C(C)(C)C)c2)CC1(C)C. The molecule has 10 nitrogen and oxygen atoms in total. The van der Waals surface area contributed by atoms with Gasteiger partial charge in [0.2, 0.25) is 5.91 Å². The molecular formula is C29H48N4O6. The van der Waals surface area contributed by atoms with E-state index >= 15 is 0 Å². The van der Waals surface area contributed by atoms with Gasteiger partial charge in [-0.05, 0) is 55.2 Å². The van der Waals surface area contributed by atoms with Crippen molar-refractivity contribution in [1.29, 1.82) is 0 Å². The predicted octanol–water partition coefficient (Wildman–Crippen LogP) is 4.37.